The van der Waals surface area contributed by atoms with Crippen LogP contribution in [-0.2, 0) is 9.53 Å². The number of nitrogens with one attached hydrogen (secondary N) is 1. The van der Waals surface area contributed by atoms with E-state index in [4.69, 9.17) is 9.47 Å². The summed E-state index contributed by atoms with van der Waals surface area (Å²) in [4.78, 5) is 12.0. The van der Waals surface area contributed by atoms with Crippen molar-refractivity contribution in [1.29, 1.82) is 0 Å². The molecule has 21 heavy (non-hydrogen) atoms. The fourth-order valence-electron chi connectivity index (χ4n) is 2.26. The van der Waals surface area contributed by atoms with Gasteiger partial charge >= 0.3 is 5.97 Å². The van der Waals surface area contributed by atoms with Gasteiger partial charge in [-0.05, 0) is 57.9 Å². The van der Waals surface area contributed by atoms with Crippen molar-refractivity contribution >= 4 is 5.97 Å². The normalized spacial score (nSPS) is 13.5. The molecule has 0 radical (unpaired) electrons. The van der Waals surface area contributed by atoms with Crippen LogP contribution < -0.4 is 10.1 Å². The van der Waals surface area contributed by atoms with Gasteiger partial charge in [-0.3, -0.25) is 4.79 Å². The lowest BCUT2D eigenvalue weighted by Crippen LogP contribution is -2.50. The highest BCUT2D eigenvalue weighted by atomic mass is 16.5. The molecule has 0 heterocycles. The molecule has 0 amide bonds. The number of carbonyl (C=O) groups excluding carboxylic acids is 1. The van der Waals surface area contributed by atoms with E-state index in [1.54, 1.807) is 0 Å². The van der Waals surface area contributed by atoms with Crippen molar-refractivity contribution in [3.63, 3.8) is 0 Å². The molecule has 0 saturated carbocycles. The molecule has 1 N–H and O–H groups in total. The Bertz CT molecular complexity index is 447. The molecule has 1 rings (SSSR count). The number of aryl methyl sites for hydroxylation is 1. The van der Waals surface area contributed by atoms with E-state index in [0.717, 1.165) is 18.7 Å². The maximum absolute atomic E-state index is 12.0. The van der Waals surface area contributed by atoms with E-state index in [9.17, 15) is 4.79 Å². The van der Waals surface area contributed by atoms with E-state index in [1.807, 2.05) is 52.0 Å². The third-order valence-corrected chi connectivity index (χ3v) is 3.37. The maximum Gasteiger partial charge on any atom is 0.326 e. The summed E-state index contributed by atoms with van der Waals surface area (Å²) in [6.07, 6.45) is 1.47. The third kappa shape index (κ3) is 5.76. The maximum atomic E-state index is 12.0. The molecule has 0 fully saturated rings. The SMILES string of the molecule is CCNC(C)(CCCOc1cccc(C)c1)C(=O)OCC. The van der Waals surface area contributed by atoms with E-state index < -0.39 is 5.54 Å². The van der Waals surface area contributed by atoms with Crippen LogP contribution in [0.5, 0.6) is 5.75 Å². The predicted molar refractivity (Wildman–Crippen MR) is 84.6 cm³/mol. The smallest absolute Gasteiger partial charge is 0.326 e. The number of benzene rings is 1. The Kier molecular flexibility index (Phi) is 7.23. The monoisotopic (exact) mass is 293 g/mol. The van der Waals surface area contributed by atoms with Gasteiger partial charge in [0.25, 0.3) is 0 Å². The lowest BCUT2D eigenvalue weighted by Gasteiger charge is -2.28. The van der Waals surface area contributed by atoms with Gasteiger partial charge in [0, 0.05) is 0 Å². The lowest BCUT2D eigenvalue weighted by molar-refractivity contribution is -0.150. The van der Waals surface area contributed by atoms with Crippen LogP contribution in [0.25, 0.3) is 0 Å². The van der Waals surface area contributed by atoms with Crippen molar-refractivity contribution in [2.24, 2.45) is 0 Å². The van der Waals surface area contributed by atoms with E-state index in [2.05, 4.69) is 5.32 Å². The van der Waals surface area contributed by atoms with Gasteiger partial charge in [0.2, 0.25) is 0 Å². The largest absolute Gasteiger partial charge is 0.494 e. The summed E-state index contributed by atoms with van der Waals surface area (Å²) >= 11 is 0. The van der Waals surface area contributed by atoms with Crippen LogP contribution in [0.1, 0.15) is 39.2 Å². The molecule has 1 aromatic rings. The molecule has 4 heteroatoms. The number of hydrogen-bond acceptors (Lipinski definition) is 4. The van der Waals surface area contributed by atoms with Crippen LogP contribution >= 0.6 is 0 Å². The van der Waals surface area contributed by atoms with E-state index in [1.165, 1.54) is 5.56 Å². The Morgan fingerprint density at radius 3 is 2.71 bits per heavy atom. The van der Waals surface area contributed by atoms with E-state index in [-0.39, 0.29) is 5.97 Å². The zero-order chi connectivity index (χ0) is 15.7. The number of likely N-dealkylation sites (N-methyl/N-ethyl adjacent to an activating group) is 1. The van der Waals surface area contributed by atoms with Crippen molar-refractivity contribution in [2.75, 3.05) is 19.8 Å². The molecule has 118 valence electrons. The Morgan fingerprint density at radius 1 is 1.33 bits per heavy atom. The van der Waals surface area contributed by atoms with Crippen LogP contribution in [0, 0.1) is 6.92 Å². The van der Waals surface area contributed by atoms with Gasteiger partial charge < -0.3 is 14.8 Å². The number of carbonyl (C=O) groups is 1. The third-order valence-electron chi connectivity index (χ3n) is 3.37. The molecule has 1 aromatic carbocycles. The van der Waals surface area contributed by atoms with Crippen molar-refractivity contribution in [2.45, 2.75) is 46.1 Å². The first-order valence-corrected chi connectivity index (χ1v) is 7.63. The number of hydrogen-bond donors (Lipinski definition) is 1. The topological polar surface area (TPSA) is 47.6 Å². The predicted octanol–water partition coefficient (Wildman–Crippen LogP) is 3.09. The first-order valence-electron chi connectivity index (χ1n) is 7.63. The summed E-state index contributed by atoms with van der Waals surface area (Å²) in [5, 5.41) is 3.22. The summed E-state index contributed by atoms with van der Waals surface area (Å²) in [6.45, 7) is 9.46. The molecule has 4 nitrogen and oxygen atoms in total. The molecule has 0 aliphatic carbocycles. The minimum absolute atomic E-state index is 0.192. The van der Waals surface area contributed by atoms with Crippen LogP contribution in [0.2, 0.25) is 0 Å². The minimum Gasteiger partial charge on any atom is -0.494 e. The average Bonchev–Trinajstić information content (AvgIpc) is 2.44. The standard InChI is InChI=1S/C17H27NO3/c1-5-18-17(4,16(19)20-6-2)11-8-12-21-15-10-7-9-14(3)13-15/h7,9-10,13,18H,5-6,8,11-12H2,1-4H3. The molecule has 1 atom stereocenters. The van der Waals surface area contributed by atoms with Gasteiger partial charge in [0.1, 0.15) is 11.3 Å². The summed E-state index contributed by atoms with van der Waals surface area (Å²) < 4.78 is 10.9. The summed E-state index contributed by atoms with van der Waals surface area (Å²) in [5.74, 6) is 0.679. The van der Waals surface area contributed by atoms with Gasteiger partial charge in [-0.2, -0.15) is 0 Å². The fourth-order valence-corrected chi connectivity index (χ4v) is 2.26. The summed E-state index contributed by atoms with van der Waals surface area (Å²) in [5.41, 5.74) is 0.539. The van der Waals surface area contributed by atoms with Gasteiger partial charge in [0.15, 0.2) is 0 Å². The second-order valence-electron chi connectivity index (χ2n) is 5.35. The molecule has 0 aliphatic rings. The van der Waals surface area contributed by atoms with Gasteiger partial charge in [-0.1, -0.05) is 19.1 Å². The van der Waals surface area contributed by atoms with Crippen LogP contribution in [0.4, 0.5) is 0 Å². The molecular formula is C17H27NO3. The summed E-state index contributed by atoms with van der Waals surface area (Å²) in [6, 6.07) is 7.97. The highest BCUT2D eigenvalue weighted by molar-refractivity contribution is 5.80. The van der Waals surface area contributed by atoms with Crippen molar-refractivity contribution < 1.29 is 14.3 Å². The molecule has 0 aliphatic heterocycles. The van der Waals surface area contributed by atoms with Gasteiger partial charge in [-0.15, -0.1) is 0 Å². The Balaban J connectivity index is 2.45. The molecule has 1 unspecified atom stereocenters. The zero-order valence-corrected chi connectivity index (χ0v) is 13.6. The van der Waals surface area contributed by atoms with Crippen LogP contribution in [-0.4, -0.2) is 31.3 Å². The first-order chi connectivity index (χ1) is 10.0. The van der Waals surface area contributed by atoms with E-state index >= 15 is 0 Å². The van der Waals surface area contributed by atoms with Gasteiger partial charge in [0.05, 0.1) is 13.2 Å². The highest BCUT2D eigenvalue weighted by Gasteiger charge is 2.33. The highest BCUT2D eigenvalue weighted by Crippen LogP contribution is 2.17. The van der Waals surface area contributed by atoms with Crippen LogP contribution in [0.3, 0.4) is 0 Å². The Hall–Kier alpha value is -1.55. The minimum atomic E-state index is -0.638. The van der Waals surface area contributed by atoms with Crippen molar-refractivity contribution in [3.8, 4) is 5.75 Å². The molecule has 0 aromatic heterocycles. The van der Waals surface area contributed by atoms with Crippen LogP contribution in [0.15, 0.2) is 24.3 Å². The molecule has 0 saturated heterocycles. The quantitative estimate of drug-likeness (QED) is 0.561. The number of ether oxygens (including phenoxy) is 2. The fraction of sp³-hybridized carbons (Fsp3) is 0.588. The average molecular weight is 293 g/mol. The first kappa shape index (κ1) is 17.5. The zero-order valence-electron chi connectivity index (χ0n) is 13.6. The second kappa shape index (κ2) is 8.67. The second-order valence-corrected chi connectivity index (χ2v) is 5.35. The van der Waals surface area contributed by atoms with Gasteiger partial charge in [-0.25, -0.2) is 0 Å². The Labute approximate surface area is 127 Å². The van der Waals surface area contributed by atoms with Crippen molar-refractivity contribution in [1.82, 2.24) is 5.32 Å². The van der Waals surface area contributed by atoms with E-state index in [0.29, 0.717) is 19.6 Å². The molecular weight excluding hydrogens is 266 g/mol. The number of rotatable bonds is 9. The molecule has 0 bridgehead atoms. The molecule has 0 spiro atoms. The number of esters is 1. The van der Waals surface area contributed by atoms with Crippen molar-refractivity contribution in [3.05, 3.63) is 29.8 Å². The summed E-state index contributed by atoms with van der Waals surface area (Å²) in [7, 11) is 0. The Morgan fingerprint density at radius 2 is 2.10 bits per heavy atom. The lowest BCUT2D eigenvalue weighted by atomic mass is 9.96.